The fourth-order valence-corrected chi connectivity index (χ4v) is 5.35. The van der Waals surface area contributed by atoms with Crippen LogP contribution in [0.1, 0.15) is 12.0 Å². The number of aromatic nitrogens is 1. The molecule has 0 fully saturated rings. The van der Waals surface area contributed by atoms with E-state index in [0.717, 1.165) is 32.5 Å². The first-order valence-corrected chi connectivity index (χ1v) is 12.6. The molecule has 0 bridgehead atoms. The molecule has 0 saturated heterocycles. The van der Waals surface area contributed by atoms with Gasteiger partial charge in [0.25, 0.3) is 0 Å². The molecule has 0 saturated carbocycles. The number of aryl methyl sites for hydroxylation is 1. The van der Waals surface area contributed by atoms with Gasteiger partial charge < -0.3 is 4.90 Å². The van der Waals surface area contributed by atoms with E-state index in [1.807, 2.05) is 19.0 Å². The van der Waals surface area contributed by atoms with Crippen LogP contribution in [-0.4, -0.2) is 55.0 Å². The molecule has 2 aromatic carbocycles. The molecular weight excluding hydrogens is 418 g/mol. The zero-order chi connectivity index (χ0) is 20.8. The Morgan fingerprint density at radius 1 is 1.10 bits per heavy atom. The second kappa shape index (κ2) is 10.5. The van der Waals surface area contributed by atoms with E-state index in [9.17, 15) is 4.79 Å². The molecule has 1 aromatic heterocycles. The van der Waals surface area contributed by atoms with Crippen molar-refractivity contribution in [3.05, 3.63) is 48.0 Å². The highest BCUT2D eigenvalue weighted by atomic mass is 32.2. The van der Waals surface area contributed by atoms with Crippen molar-refractivity contribution in [3.8, 4) is 0 Å². The fourth-order valence-electron chi connectivity index (χ4n) is 2.84. The summed E-state index contributed by atoms with van der Waals surface area (Å²) in [6.45, 7) is 3.54. The minimum absolute atomic E-state index is 0.135. The van der Waals surface area contributed by atoms with Crippen molar-refractivity contribution < 1.29 is 4.79 Å². The van der Waals surface area contributed by atoms with Gasteiger partial charge >= 0.3 is 0 Å². The van der Waals surface area contributed by atoms with Crippen LogP contribution < -0.4 is 4.90 Å². The third kappa shape index (κ3) is 5.98. The summed E-state index contributed by atoms with van der Waals surface area (Å²) in [5, 5.41) is 0.800. The van der Waals surface area contributed by atoms with Crippen LogP contribution in [0.25, 0.3) is 10.2 Å². The summed E-state index contributed by atoms with van der Waals surface area (Å²) in [5.41, 5.74) is 2.25. The zero-order valence-corrected chi connectivity index (χ0v) is 19.8. The number of rotatable bonds is 9. The van der Waals surface area contributed by atoms with Crippen molar-refractivity contribution in [3.63, 3.8) is 0 Å². The van der Waals surface area contributed by atoms with E-state index in [0.29, 0.717) is 13.0 Å². The van der Waals surface area contributed by atoms with E-state index >= 15 is 0 Å². The van der Waals surface area contributed by atoms with Gasteiger partial charge in [-0.05, 0) is 51.5 Å². The number of fused-ring (bicyclic) bond motifs is 1. The predicted octanol–water partition coefficient (Wildman–Crippen LogP) is 5.40. The van der Waals surface area contributed by atoms with Crippen molar-refractivity contribution in [2.45, 2.75) is 23.1 Å². The number of thiazole rings is 1. The largest absolute Gasteiger partial charge is 0.308 e. The lowest BCUT2D eigenvalue weighted by atomic mass is 10.2. The van der Waals surface area contributed by atoms with Crippen molar-refractivity contribution in [2.75, 3.05) is 44.1 Å². The van der Waals surface area contributed by atoms with Crippen LogP contribution in [0.3, 0.4) is 0 Å². The van der Waals surface area contributed by atoms with Crippen LogP contribution in [0, 0.1) is 6.92 Å². The van der Waals surface area contributed by atoms with E-state index < -0.39 is 0 Å². The van der Waals surface area contributed by atoms with Crippen LogP contribution >= 0.6 is 34.9 Å². The highest BCUT2D eigenvalue weighted by Crippen LogP contribution is 2.34. The summed E-state index contributed by atoms with van der Waals surface area (Å²) in [7, 11) is 4.06. The van der Waals surface area contributed by atoms with Gasteiger partial charge in [0.05, 0.1) is 10.2 Å². The lowest BCUT2D eigenvalue weighted by Gasteiger charge is -2.22. The first-order valence-electron chi connectivity index (χ1n) is 9.56. The fraction of sp³-hybridized carbons (Fsp3) is 0.364. The number of hydrogen-bond acceptors (Lipinski definition) is 6. The van der Waals surface area contributed by atoms with Crippen LogP contribution in [0.15, 0.2) is 52.3 Å². The maximum atomic E-state index is 13.1. The quantitative estimate of drug-likeness (QED) is 0.412. The molecule has 0 aliphatic carbocycles. The Kier molecular flexibility index (Phi) is 8.00. The Bertz CT molecular complexity index is 954. The average molecular weight is 446 g/mol. The number of carbonyl (C=O) groups excluding carboxylic acids is 1. The summed E-state index contributed by atoms with van der Waals surface area (Å²) in [4.78, 5) is 24.2. The van der Waals surface area contributed by atoms with Gasteiger partial charge in [-0.15, -0.1) is 23.5 Å². The van der Waals surface area contributed by atoms with Gasteiger partial charge in [0, 0.05) is 35.1 Å². The smallest absolute Gasteiger partial charge is 0.229 e. The molecule has 0 unspecified atom stereocenters. The van der Waals surface area contributed by atoms with E-state index in [1.165, 1.54) is 10.5 Å². The van der Waals surface area contributed by atoms with E-state index in [4.69, 9.17) is 4.98 Å². The lowest BCUT2D eigenvalue weighted by Crippen LogP contribution is -2.36. The Morgan fingerprint density at radius 2 is 1.86 bits per heavy atom. The highest BCUT2D eigenvalue weighted by Gasteiger charge is 2.20. The Labute approximate surface area is 185 Å². The van der Waals surface area contributed by atoms with Crippen LogP contribution in [-0.2, 0) is 4.79 Å². The van der Waals surface area contributed by atoms with Crippen LogP contribution in [0.4, 0.5) is 5.13 Å². The molecule has 0 aliphatic rings. The molecule has 0 radical (unpaired) electrons. The Hall–Kier alpha value is -1.54. The summed E-state index contributed by atoms with van der Waals surface area (Å²) in [5.74, 6) is 0.901. The maximum absolute atomic E-state index is 13.1. The number of anilines is 1. The summed E-state index contributed by atoms with van der Waals surface area (Å²) in [6, 6.07) is 14.7. The second-order valence-corrected chi connectivity index (χ2v) is 10.1. The number of carbonyl (C=O) groups is 1. The predicted molar refractivity (Wildman–Crippen MR) is 129 cm³/mol. The molecule has 29 heavy (non-hydrogen) atoms. The average Bonchev–Trinajstić information content (AvgIpc) is 3.13. The number of thioether (sulfide) groups is 2. The standard InChI is InChI=1S/C22H27N3OS3/c1-16-8-10-17(11-9-16)28-15-12-20(26)25(14-13-24(2)3)22-23-21-18(27-4)6-5-7-19(21)29-22/h5-11H,12-15H2,1-4H3. The van der Waals surface area contributed by atoms with Crippen molar-refractivity contribution in [1.82, 2.24) is 9.88 Å². The van der Waals surface area contributed by atoms with Gasteiger partial charge in [-0.25, -0.2) is 4.98 Å². The van der Waals surface area contributed by atoms with Gasteiger partial charge in [0.15, 0.2) is 5.13 Å². The third-order valence-corrected chi connectivity index (χ3v) is 7.33. The SMILES string of the molecule is CSc1cccc2sc(N(CCN(C)C)C(=O)CCSc3ccc(C)cc3)nc12. The number of benzene rings is 2. The van der Waals surface area contributed by atoms with Crippen LogP contribution in [0.2, 0.25) is 0 Å². The number of likely N-dealkylation sites (N-methyl/N-ethyl adjacent to an activating group) is 1. The van der Waals surface area contributed by atoms with E-state index in [1.54, 1.807) is 34.9 Å². The molecule has 4 nitrogen and oxygen atoms in total. The number of nitrogens with zero attached hydrogens (tertiary/aromatic N) is 3. The molecule has 0 N–H and O–H groups in total. The van der Waals surface area contributed by atoms with E-state index in [2.05, 4.69) is 60.5 Å². The molecule has 3 rings (SSSR count). The van der Waals surface area contributed by atoms with Crippen LogP contribution in [0.5, 0.6) is 0 Å². The summed E-state index contributed by atoms with van der Waals surface area (Å²) < 4.78 is 1.13. The number of para-hydroxylation sites is 1. The molecule has 1 heterocycles. The normalized spacial score (nSPS) is 11.3. The molecule has 3 aromatic rings. The van der Waals surface area contributed by atoms with E-state index in [-0.39, 0.29) is 5.91 Å². The molecule has 154 valence electrons. The van der Waals surface area contributed by atoms with Gasteiger partial charge in [0.1, 0.15) is 0 Å². The third-order valence-electron chi connectivity index (χ3n) is 4.50. The second-order valence-electron chi connectivity index (χ2n) is 7.06. The monoisotopic (exact) mass is 445 g/mol. The van der Waals surface area contributed by atoms with Gasteiger partial charge in [-0.2, -0.15) is 0 Å². The Morgan fingerprint density at radius 3 is 2.55 bits per heavy atom. The van der Waals surface area contributed by atoms with Gasteiger partial charge in [-0.3, -0.25) is 9.69 Å². The topological polar surface area (TPSA) is 36.4 Å². The van der Waals surface area contributed by atoms with Gasteiger partial charge in [-0.1, -0.05) is 35.1 Å². The Balaban J connectivity index is 1.73. The highest BCUT2D eigenvalue weighted by molar-refractivity contribution is 7.99. The first-order chi connectivity index (χ1) is 14.0. The minimum Gasteiger partial charge on any atom is -0.308 e. The van der Waals surface area contributed by atoms with Crippen molar-refractivity contribution in [2.24, 2.45) is 0 Å². The molecule has 0 atom stereocenters. The van der Waals surface area contributed by atoms with Gasteiger partial charge in [0.2, 0.25) is 5.91 Å². The van der Waals surface area contributed by atoms with Crippen molar-refractivity contribution in [1.29, 1.82) is 0 Å². The van der Waals surface area contributed by atoms with Crippen molar-refractivity contribution >= 4 is 56.1 Å². The summed E-state index contributed by atoms with van der Waals surface area (Å²) in [6.07, 6.45) is 2.56. The minimum atomic E-state index is 0.135. The zero-order valence-electron chi connectivity index (χ0n) is 17.3. The maximum Gasteiger partial charge on any atom is 0.229 e. The molecule has 1 amide bonds. The molecular formula is C22H27N3OS3. The summed E-state index contributed by atoms with van der Waals surface area (Å²) >= 11 is 5.02. The molecule has 0 aliphatic heterocycles. The number of hydrogen-bond donors (Lipinski definition) is 0. The molecule has 0 spiro atoms. The lowest BCUT2D eigenvalue weighted by molar-refractivity contribution is -0.118. The first kappa shape index (κ1) is 22.2. The molecule has 7 heteroatoms. The number of amides is 1.